The summed E-state index contributed by atoms with van der Waals surface area (Å²) in [6.07, 6.45) is 3.09. The second-order valence-electron chi connectivity index (χ2n) is 3.29. The third-order valence-corrected chi connectivity index (χ3v) is 2.28. The molecule has 0 atom stereocenters. The average Bonchev–Trinajstić information content (AvgIpc) is 2.73. The van der Waals surface area contributed by atoms with Crippen molar-refractivity contribution >= 4 is 17.6 Å². The van der Waals surface area contributed by atoms with E-state index in [0.717, 1.165) is 0 Å². The highest BCUT2D eigenvalue weighted by Gasteiger charge is 2.09. The van der Waals surface area contributed by atoms with Gasteiger partial charge >= 0.3 is 5.97 Å². The molecule has 0 bridgehead atoms. The van der Waals surface area contributed by atoms with Gasteiger partial charge in [0.25, 0.3) is 0 Å². The van der Waals surface area contributed by atoms with Crippen LogP contribution >= 0.6 is 11.6 Å². The van der Waals surface area contributed by atoms with E-state index in [9.17, 15) is 4.79 Å². The molecule has 0 fully saturated rings. The number of benzene rings is 1. The fraction of sp³-hybridized carbons (Fsp3) is 0.0909. The molecule has 0 unspecified atom stereocenters. The molecule has 0 radical (unpaired) electrons. The van der Waals surface area contributed by atoms with Gasteiger partial charge in [0.1, 0.15) is 16.5 Å². The van der Waals surface area contributed by atoms with E-state index in [-0.39, 0.29) is 12.3 Å². The Kier molecular flexibility index (Phi) is 3.30. The predicted octanol–water partition coefficient (Wildman–Crippen LogP) is 2.27. The number of ether oxygens (including phenoxy) is 1. The van der Waals surface area contributed by atoms with Gasteiger partial charge in [-0.2, -0.15) is 0 Å². The lowest BCUT2D eigenvalue weighted by atomic mass is 10.2. The molecule has 0 aliphatic heterocycles. The molecule has 0 spiro atoms. The summed E-state index contributed by atoms with van der Waals surface area (Å²) in [5, 5.41) is 9.31. The largest absolute Gasteiger partial charge is 0.478 e. The summed E-state index contributed by atoms with van der Waals surface area (Å²) in [6, 6.07) is 6.44. The van der Waals surface area contributed by atoms with Crippen molar-refractivity contribution in [3.8, 4) is 5.75 Å². The third kappa shape index (κ3) is 2.76. The lowest BCUT2D eigenvalue weighted by molar-refractivity contribution is 0.0690. The van der Waals surface area contributed by atoms with Gasteiger partial charge in [-0.05, 0) is 12.1 Å². The van der Waals surface area contributed by atoms with E-state index in [1.54, 1.807) is 29.0 Å². The molecule has 0 aliphatic carbocycles. The Morgan fingerprint density at radius 2 is 2.24 bits per heavy atom. The van der Waals surface area contributed by atoms with Crippen LogP contribution in [0.3, 0.4) is 0 Å². The first-order chi connectivity index (χ1) is 8.16. The van der Waals surface area contributed by atoms with Gasteiger partial charge in [-0.25, -0.2) is 9.78 Å². The number of hydrogen-bond acceptors (Lipinski definition) is 3. The van der Waals surface area contributed by atoms with E-state index in [2.05, 4.69) is 4.98 Å². The van der Waals surface area contributed by atoms with Crippen molar-refractivity contribution in [2.75, 3.05) is 0 Å². The molecule has 1 aromatic carbocycles. The Morgan fingerprint density at radius 3 is 2.88 bits per heavy atom. The Labute approximate surface area is 102 Å². The highest BCUT2D eigenvalue weighted by molar-refractivity contribution is 6.29. The number of carboxylic acid groups (broad SMARTS) is 1. The monoisotopic (exact) mass is 252 g/mol. The highest BCUT2D eigenvalue weighted by atomic mass is 35.5. The lowest BCUT2D eigenvalue weighted by Crippen LogP contribution is -2.06. The minimum atomic E-state index is -1.02. The van der Waals surface area contributed by atoms with Gasteiger partial charge in [0.05, 0.1) is 6.33 Å². The molecule has 0 amide bonds. The molecule has 2 rings (SSSR count). The van der Waals surface area contributed by atoms with Gasteiger partial charge in [-0.3, -0.25) is 0 Å². The Bertz CT molecular complexity index is 539. The lowest BCUT2D eigenvalue weighted by Gasteiger charge is -2.08. The van der Waals surface area contributed by atoms with Crippen molar-refractivity contribution in [2.24, 2.45) is 0 Å². The predicted molar refractivity (Wildman–Crippen MR) is 61.3 cm³/mol. The Balaban J connectivity index is 2.11. The molecule has 0 saturated carbocycles. The number of imidazole rings is 1. The summed E-state index contributed by atoms with van der Waals surface area (Å²) in [5.74, 6) is -0.714. The Hall–Kier alpha value is -2.01. The second-order valence-corrected chi connectivity index (χ2v) is 3.67. The molecular formula is C11H9ClN2O3. The minimum absolute atomic E-state index is 0.124. The van der Waals surface area contributed by atoms with Crippen molar-refractivity contribution in [2.45, 2.75) is 6.73 Å². The summed E-state index contributed by atoms with van der Waals surface area (Å²) in [6.45, 7) is 0.157. The average molecular weight is 253 g/mol. The maximum atomic E-state index is 10.9. The van der Waals surface area contributed by atoms with Crippen molar-refractivity contribution in [3.63, 3.8) is 0 Å². The normalized spacial score (nSPS) is 10.2. The van der Waals surface area contributed by atoms with E-state index < -0.39 is 5.97 Å². The van der Waals surface area contributed by atoms with Crippen LogP contribution in [0.5, 0.6) is 5.75 Å². The summed E-state index contributed by atoms with van der Waals surface area (Å²) in [5.41, 5.74) is 0.124. The molecule has 0 aliphatic rings. The summed E-state index contributed by atoms with van der Waals surface area (Å²) < 4.78 is 6.99. The molecule has 1 heterocycles. The fourth-order valence-corrected chi connectivity index (χ4v) is 1.49. The first kappa shape index (κ1) is 11.5. The summed E-state index contributed by atoms with van der Waals surface area (Å²) in [4.78, 5) is 14.7. The van der Waals surface area contributed by atoms with Crippen LogP contribution in [0.25, 0.3) is 0 Å². The minimum Gasteiger partial charge on any atom is -0.478 e. The van der Waals surface area contributed by atoms with Crippen LogP contribution in [-0.4, -0.2) is 20.6 Å². The molecule has 0 saturated heterocycles. The third-order valence-electron chi connectivity index (χ3n) is 2.09. The van der Waals surface area contributed by atoms with Gasteiger partial charge in [0.15, 0.2) is 6.73 Å². The van der Waals surface area contributed by atoms with Gasteiger partial charge in [0, 0.05) is 6.20 Å². The number of carbonyl (C=O) groups is 1. The maximum Gasteiger partial charge on any atom is 0.339 e. The van der Waals surface area contributed by atoms with Crippen LogP contribution in [0.1, 0.15) is 10.4 Å². The zero-order chi connectivity index (χ0) is 12.3. The van der Waals surface area contributed by atoms with E-state index in [4.69, 9.17) is 21.4 Å². The van der Waals surface area contributed by atoms with Crippen LogP contribution in [0.4, 0.5) is 0 Å². The number of carboxylic acids is 1. The summed E-state index contributed by atoms with van der Waals surface area (Å²) in [7, 11) is 0. The SMILES string of the molecule is O=C(O)c1ccccc1OCn1cnc(Cl)c1. The van der Waals surface area contributed by atoms with E-state index in [0.29, 0.717) is 10.9 Å². The highest BCUT2D eigenvalue weighted by Crippen LogP contribution is 2.18. The quantitative estimate of drug-likeness (QED) is 0.907. The van der Waals surface area contributed by atoms with Crippen molar-refractivity contribution in [3.05, 3.63) is 47.5 Å². The number of nitrogens with zero attached hydrogens (tertiary/aromatic N) is 2. The summed E-state index contributed by atoms with van der Waals surface area (Å²) >= 11 is 5.64. The van der Waals surface area contributed by atoms with Crippen LogP contribution in [-0.2, 0) is 6.73 Å². The molecule has 17 heavy (non-hydrogen) atoms. The molecule has 1 N–H and O–H groups in total. The number of halogens is 1. The second kappa shape index (κ2) is 4.88. The fourth-order valence-electron chi connectivity index (χ4n) is 1.32. The number of aromatic carboxylic acids is 1. The topological polar surface area (TPSA) is 64.3 Å². The molecule has 88 valence electrons. The smallest absolute Gasteiger partial charge is 0.339 e. The van der Waals surface area contributed by atoms with E-state index in [1.165, 1.54) is 12.4 Å². The van der Waals surface area contributed by atoms with Crippen LogP contribution in [0.15, 0.2) is 36.8 Å². The molecule has 2 aromatic rings. The van der Waals surface area contributed by atoms with Gasteiger partial charge in [-0.1, -0.05) is 23.7 Å². The standard InChI is InChI=1S/C11H9ClN2O3/c12-10-5-14(6-13-10)7-17-9-4-2-1-3-8(9)11(15)16/h1-6H,7H2,(H,15,16). The Morgan fingerprint density at radius 1 is 1.47 bits per heavy atom. The number of aromatic nitrogens is 2. The van der Waals surface area contributed by atoms with Crippen LogP contribution in [0.2, 0.25) is 5.15 Å². The number of hydrogen-bond donors (Lipinski definition) is 1. The van der Waals surface area contributed by atoms with Crippen LogP contribution < -0.4 is 4.74 Å². The van der Waals surface area contributed by atoms with Gasteiger partial charge in [-0.15, -0.1) is 0 Å². The molecule has 6 heteroatoms. The van der Waals surface area contributed by atoms with Gasteiger partial charge in [0.2, 0.25) is 0 Å². The van der Waals surface area contributed by atoms with Crippen molar-refractivity contribution in [1.82, 2.24) is 9.55 Å². The maximum absolute atomic E-state index is 10.9. The van der Waals surface area contributed by atoms with Crippen molar-refractivity contribution < 1.29 is 14.6 Å². The number of para-hydroxylation sites is 1. The zero-order valence-corrected chi connectivity index (χ0v) is 9.46. The first-order valence-electron chi connectivity index (χ1n) is 4.79. The first-order valence-corrected chi connectivity index (χ1v) is 5.17. The number of rotatable bonds is 4. The molecular weight excluding hydrogens is 244 g/mol. The van der Waals surface area contributed by atoms with E-state index >= 15 is 0 Å². The van der Waals surface area contributed by atoms with Gasteiger partial charge < -0.3 is 14.4 Å². The van der Waals surface area contributed by atoms with Crippen molar-refractivity contribution in [1.29, 1.82) is 0 Å². The molecule has 1 aromatic heterocycles. The van der Waals surface area contributed by atoms with E-state index in [1.807, 2.05) is 0 Å². The zero-order valence-electron chi connectivity index (χ0n) is 8.71. The van der Waals surface area contributed by atoms with Crippen LogP contribution in [0, 0.1) is 0 Å². The molecule has 5 nitrogen and oxygen atoms in total.